The van der Waals surface area contributed by atoms with Gasteiger partial charge >= 0.3 is 0 Å². The molecule has 24 heavy (non-hydrogen) atoms. The number of nitrogens with one attached hydrogen (secondary N) is 1. The summed E-state index contributed by atoms with van der Waals surface area (Å²) in [5.41, 5.74) is 6.67. The zero-order valence-electron chi connectivity index (χ0n) is 12.8. The molecule has 0 atom stereocenters. The first-order valence-corrected chi connectivity index (χ1v) is 7.53. The number of halogens is 1. The SMILES string of the molecule is CC(C=NC(=CO)C(=O)C=O)=C(N)SC(=N)Cc1ccc(F)cc1. The van der Waals surface area contributed by atoms with Crippen LogP contribution in [0.15, 0.2) is 51.8 Å². The summed E-state index contributed by atoms with van der Waals surface area (Å²) in [5, 5.41) is 17.3. The Bertz CT molecular complexity index is 725. The number of aliphatic imine (C=N–C) groups is 1. The third-order valence-electron chi connectivity index (χ3n) is 2.78. The van der Waals surface area contributed by atoms with Crippen LogP contribution in [0.2, 0.25) is 0 Å². The van der Waals surface area contributed by atoms with Crippen molar-refractivity contribution < 1.29 is 19.1 Å². The van der Waals surface area contributed by atoms with Crippen molar-refractivity contribution >= 4 is 35.1 Å². The number of aldehydes is 1. The van der Waals surface area contributed by atoms with E-state index in [1.807, 2.05) is 0 Å². The summed E-state index contributed by atoms with van der Waals surface area (Å²) in [5.74, 6) is -1.31. The van der Waals surface area contributed by atoms with E-state index in [0.717, 1.165) is 17.3 Å². The second kappa shape index (κ2) is 9.41. The maximum Gasteiger partial charge on any atom is 0.246 e. The number of allylic oxidation sites excluding steroid dienone is 2. The first kappa shape index (κ1) is 19.3. The number of benzene rings is 1. The summed E-state index contributed by atoms with van der Waals surface area (Å²) < 4.78 is 12.8. The highest BCUT2D eigenvalue weighted by atomic mass is 32.2. The van der Waals surface area contributed by atoms with Gasteiger partial charge in [0.25, 0.3) is 0 Å². The number of aliphatic hydroxyl groups is 1. The molecule has 6 nitrogen and oxygen atoms in total. The van der Waals surface area contributed by atoms with Crippen LogP contribution in [0, 0.1) is 11.2 Å². The number of aliphatic hydroxyl groups excluding tert-OH is 1. The number of rotatable bonds is 7. The average Bonchev–Trinajstić information content (AvgIpc) is 2.56. The van der Waals surface area contributed by atoms with Gasteiger partial charge < -0.3 is 10.8 Å². The zero-order chi connectivity index (χ0) is 18.1. The lowest BCUT2D eigenvalue weighted by atomic mass is 10.2. The van der Waals surface area contributed by atoms with E-state index in [-0.39, 0.29) is 22.2 Å². The molecule has 0 fully saturated rings. The Morgan fingerprint density at radius 2 is 2.04 bits per heavy atom. The third-order valence-corrected chi connectivity index (χ3v) is 3.71. The Kier molecular flexibility index (Phi) is 7.57. The maximum atomic E-state index is 12.8. The molecule has 0 spiro atoms. The van der Waals surface area contributed by atoms with Gasteiger partial charge in [0.2, 0.25) is 5.78 Å². The summed E-state index contributed by atoms with van der Waals surface area (Å²) in [6.45, 7) is 1.61. The van der Waals surface area contributed by atoms with Crippen LogP contribution in [-0.4, -0.2) is 28.4 Å². The number of nitrogens with zero attached hydrogens (tertiary/aromatic N) is 1. The molecule has 0 saturated carbocycles. The van der Waals surface area contributed by atoms with Gasteiger partial charge in [0.1, 0.15) is 17.8 Å². The number of ketones is 1. The number of Topliss-reactive ketones (excluding diaryl/α,β-unsaturated/α-hetero) is 1. The van der Waals surface area contributed by atoms with Gasteiger partial charge in [0, 0.05) is 12.6 Å². The second-order valence-electron chi connectivity index (χ2n) is 4.63. The van der Waals surface area contributed by atoms with Gasteiger partial charge in [-0.1, -0.05) is 23.9 Å². The summed E-state index contributed by atoms with van der Waals surface area (Å²) in [7, 11) is 0. The van der Waals surface area contributed by atoms with Crippen molar-refractivity contribution in [3.05, 3.63) is 58.2 Å². The monoisotopic (exact) mass is 349 g/mol. The maximum absolute atomic E-state index is 12.8. The Hall–Kier alpha value is -2.74. The van der Waals surface area contributed by atoms with Gasteiger partial charge in [0.15, 0.2) is 6.29 Å². The van der Waals surface area contributed by atoms with Crippen molar-refractivity contribution in [1.82, 2.24) is 0 Å². The van der Waals surface area contributed by atoms with E-state index in [1.54, 1.807) is 19.1 Å². The molecule has 1 aromatic carbocycles. The molecule has 8 heteroatoms. The van der Waals surface area contributed by atoms with Crippen molar-refractivity contribution in [3.63, 3.8) is 0 Å². The standard InChI is InChI=1S/C16H16FN3O3S/c1-10(7-20-13(8-21)14(23)9-22)16(19)24-15(18)6-11-2-4-12(17)5-3-11/h2-5,7-9,18,21H,6,19H2,1H3. The highest BCUT2D eigenvalue weighted by Gasteiger charge is 2.08. The van der Waals surface area contributed by atoms with Crippen molar-refractivity contribution in [2.75, 3.05) is 0 Å². The first-order valence-electron chi connectivity index (χ1n) is 6.71. The van der Waals surface area contributed by atoms with Crippen LogP contribution in [0.1, 0.15) is 12.5 Å². The predicted molar refractivity (Wildman–Crippen MR) is 92.6 cm³/mol. The molecule has 0 aliphatic heterocycles. The molecule has 0 radical (unpaired) electrons. The number of thioether (sulfide) groups is 1. The number of hydrogen-bond donors (Lipinski definition) is 3. The molecule has 126 valence electrons. The van der Waals surface area contributed by atoms with E-state index >= 15 is 0 Å². The van der Waals surface area contributed by atoms with E-state index in [4.69, 9.17) is 16.2 Å². The van der Waals surface area contributed by atoms with Crippen molar-refractivity contribution in [1.29, 1.82) is 5.41 Å². The van der Waals surface area contributed by atoms with E-state index < -0.39 is 11.5 Å². The van der Waals surface area contributed by atoms with Crippen LogP contribution in [0.5, 0.6) is 0 Å². The predicted octanol–water partition coefficient (Wildman–Crippen LogP) is 2.51. The van der Waals surface area contributed by atoms with Crippen LogP contribution < -0.4 is 5.73 Å². The number of carbonyl (C=O) groups is 2. The van der Waals surface area contributed by atoms with E-state index in [0.29, 0.717) is 18.3 Å². The van der Waals surface area contributed by atoms with Crippen LogP contribution in [0.25, 0.3) is 0 Å². The summed E-state index contributed by atoms with van der Waals surface area (Å²) in [4.78, 5) is 25.1. The van der Waals surface area contributed by atoms with Crippen molar-refractivity contribution in [3.8, 4) is 0 Å². The minimum absolute atomic E-state index is 0.0366. The average molecular weight is 349 g/mol. The summed E-state index contributed by atoms with van der Waals surface area (Å²) in [6.07, 6.45) is 1.98. The smallest absolute Gasteiger partial charge is 0.246 e. The lowest BCUT2D eigenvalue weighted by Gasteiger charge is -2.06. The van der Waals surface area contributed by atoms with E-state index in [1.165, 1.54) is 18.3 Å². The molecule has 1 rings (SSSR count). The summed E-state index contributed by atoms with van der Waals surface area (Å²) >= 11 is 0.999. The van der Waals surface area contributed by atoms with Crippen LogP contribution in [0.3, 0.4) is 0 Å². The number of nitrogens with two attached hydrogens (primary N) is 1. The fraction of sp³-hybridized carbons (Fsp3) is 0.125. The quantitative estimate of drug-likeness (QED) is 0.175. The van der Waals surface area contributed by atoms with Crippen LogP contribution in [-0.2, 0) is 16.0 Å². The lowest BCUT2D eigenvalue weighted by Crippen LogP contribution is -2.05. The normalized spacial score (nSPS) is 12.8. The first-order chi connectivity index (χ1) is 11.4. The van der Waals surface area contributed by atoms with Gasteiger partial charge in [-0.25, -0.2) is 9.38 Å². The Labute approximate surface area is 142 Å². The third kappa shape index (κ3) is 6.17. The van der Waals surface area contributed by atoms with Gasteiger partial charge in [0.05, 0.1) is 10.1 Å². The minimum atomic E-state index is -0.961. The van der Waals surface area contributed by atoms with E-state index in [2.05, 4.69) is 4.99 Å². The Balaban J connectivity index is 2.72. The fourth-order valence-corrected chi connectivity index (χ4v) is 2.21. The molecular weight excluding hydrogens is 333 g/mol. The van der Waals surface area contributed by atoms with Gasteiger partial charge in [-0.2, -0.15) is 0 Å². The molecule has 0 bridgehead atoms. The molecule has 0 heterocycles. The van der Waals surface area contributed by atoms with Gasteiger partial charge in [-0.15, -0.1) is 0 Å². The van der Waals surface area contributed by atoms with Gasteiger partial charge in [-0.05, 0) is 30.2 Å². The van der Waals surface area contributed by atoms with Crippen LogP contribution in [0.4, 0.5) is 4.39 Å². The molecular formula is C16H16FN3O3S. The Morgan fingerprint density at radius 3 is 2.58 bits per heavy atom. The molecule has 0 saturated heterocycles. The topological polar surface area (TPSA) is 117 Å². The van der Waals surface area contributed by atoms with Crippen LogP contribution >= 0.6 is 11.8 Å². The molecule has 0 amide bonds. The zero-order valence-corrected chi connectivity index (χ0v) is 13.6. The highest BCUT2D eigenvalue weighted by molar-refractivity contribution is 8.17. The largest absolute Gasteiger partial charge is 0.513 e. The molecule has 0 aromatic heterocycles. The van der Waals surface area contributed by atoms with Crippen molar-refractivity contribution in [2.45, 2.75) is 13.3 Å². The van der Waals surface area contributed by atoms with E-state index in [9.17, 15) is 14.0 Å². The molecule has 0 unspecified atom stereocenters. The lowest BCUT2D eigenvalue weighted by molar-refractivity contribution is -0.127. The molecule has 1 aromatic rings. The highest BCUT2D eigenvalue weighted by Crippen LogP contribution is 2.18. The molecule has 0 aliphatic rings. The number of carbonyl (C=O) groups excluding carboxylic acids is 2. The van der Waals surface area contributed by atoms with Crippen molar-refractivity contribution in [2.24, 2.45) is 10.7 Å². The summed E-state index contributed by atoms with van der Waals surface area (Å²) in [6, 6.07) is 5.80. The number of hydrogen-bond acceptors (Lipinski definition) is 7. The van der Waals surface area contributed by atoms with Gasteiger partial charge in [-0.3, -0.25) is 15.0 Å². The Morgan fingerprint density at radius 1 is 1.42 bits per heavy atom. The fourth-order valence-electron chi connectivity index (χ4n) is 1.49. The molecule has 0 aliphatic carbocycles. The minimum Gasteiger partial charge on any atom is -0.513 e. The second-order valence-corrected chi connectivity index (χ2v) is 5.77. The molecule has 4 N–H and O–H groups in total.